The lowest BCUT2D eigenvalue weighted by atomic mass is 10.2. The van der Waals surface area contributed by atoms with Crippen LogP contribution < -0.4 is 4.90 Å². The van der Waals surface area contributed by atoms with Crippen LogP contribution >= 0.6 is 0 Å². The Bertz CT molecular complexity index is 550. The molecule has 0 saturated heterocycles. The minimum absolute atomic E-state index is 0.0420. The number of anilines is 1. The highest BCUT2D eigenvalue weighted by Crippen LogP contribution is 2.26. The average molecular weight is 265 g/mol. The lowest BCUT2D eigenvalue weighted by molar-refractivity contribution is -0.136. The SMILES string of the molecule is COC(=O)C1=C(OC)C(=O)N(c2ccc(F)cc2)C1. The molecule has 1 heterocycles. The fourth-order valence-electron chi connectivity index (χ4n) is 1.87. The fourth-order valence-corrected chi connectivity index (χ4v) is 1.87. The molecule has 0 bridgehead atoms. The third-order valence-electron chi connectivity index (χ3n) is 2.80. The third-order valence-corrected chi connectivity index (χ3v) is 2.80. The second kappa shape index (κ2) is 5.09. The molecule has 0 radical (unpaired) electrons. The number of hydrogen-bond acceptors (Lipinski definition) is 4. The third kappa shape index (κ3) is 2.29. The quantitative estimate of drug-likeness (QED) is 0.772. The Kier molecular flexibility index (Phi) is 3.50. The minimum atomic E-state index is -0.616. The number of carbonyl (C=O) groups excluding carboxylic acids is 2. The average Bonchev–Trinajstić information content (AvgIpc) is 2.76. The standard InChI is InChI=1S/C13H12FNO4/c1-18-11-10(13(17)19-2)7-15(12(11)16)9-5-3-8(14)4-6-9/h3-6H,7H2,1-2H3. The zero-order chi connectivity index (χ0) is 14.0. The van der Waals surface area contributed by atoms with Crippen molar-refractivity contribution in [2.45, 2.75) is 0 Å². The number of halogens is 1. The summed E-state index contributed by atoms with van der Waals surface area (Å²) in [5, 5.41) is 0. The van der Waals surface area contributed by atoms with Crippen molar-refractivity contribution in [3.63, 3.8) is 0 Å². The van der Waals surface area contributed by atoms with Gasteiger partial charge in [-0.3, -0.25) is 4.79 Å². The van der Waals surface area contributed by atoms with Crippen LogP contribution in [-0.4, -0.2) is 32.6 Å². The number of esters is 1. The van der Waals surface area contributed by atoms with Crippen molar-refractivity contribution in [2.24, 2.45) is 0 Å². The topological polar surface area (TPSA) is 55.8 Å². The van der Waals surface area contributed by atoms with Gasteiger partial charge in [0, 0.05) is 5.69 Å². The molecular weight excluding hydrogens is 253 g/mol. The fraction of sp³-hybridized carbons (Fsp3) is 0.231. The van der Waals surface area contributed by atoms with E-state index in [1.54, 1.807) is 0 Å². The van der Waals surface area contributed by atoms with Crippen LogP contribution in [0.5, 0.6) is 0 Å². The van der Waals surface area contributed by atoms with E-state index in [2.05, 4.69) is 4.74 Å². The molecule has 0 atom stereocenters. The second-order valence-corrected chi connectivity index (χ2v) is 3.87. The normalized spacial score (nSPS) is 14.9. The van der Waals surface area contributed by atoms with Crippen molar-refractivity contribution >= 4 is 17.6 Å². The summed E-state index contributed by atoms with van der Waals surface area (Å²) in [6.07, 6.45) is 0. The molecule has 6 heteroatoms. The molecule has 0 saturated carbocycles. The van der Waals surface area contributed by atoms with Gasteiger partial charge in [0.2, 0.25) is 0 Å². The van der Waals surface area contributed by atoms with E-state index < -0.39 is 17.7 Å². The molecule has 5 nitrogen and oxygen atoms in total. The maximum Gasteiger partial charge on any atom is 0.339 e. The Morgan fingerprint density at radius 3 is 2.42 bits per heavy atom. The van der Waals surface area contributed by atoms with Crippen LogP contribution in [0, 0.1) is 5.82 Å². The molecule has 2 rings (SSSR count). The Morgan fingerprint density at radius 1 is 1.26 bits per heavy atom. The molecule has 100 valence electrons. The second-order valence-electron chi connectivity index (χ2n) is 3.87. The maximum absolute atomic E-state index is 12.9. The van der Waals surface area contributed by atoms with Crippen LogP contribution in [0.1, 0.15) is 0 Å². The van der Waals surface area contributed by atoms with Gasteiger partial charge >= 0.3 is 5.97 Å². The van der Waals surface area contributed by atoms with E-state index in [0.717, 1.165) is 0 Å². The zero-order valence-electron chi connectivity index (χ0n) is 10.5. The Balaban J connectivity index is 2.32. The van der Waals surface area contributed by atoms with Gasteiger partial charge in [-0.05, 0) is 24.3 Å². The van der Waals surface area contributed by atoms with Crippen molar-refractivity contribution in [3.8, 4) is 0 Å². The number of amides is 1. The first kappa shape index (κ1) is 13.1. The van der Waals surface area contributed by atoms with Gasteiger partial charge in [0.15, 0.2) is 5.76 Å². The number of hydrogen-bond donors (Lipinski definition) is 0. The van der Waals surface area contributed by atoms with Crippen molar-refractivity contribution < 1.29 is 23.5 Å². The van der Waals surface area contributed by atoms with Gasteiger partial charge in [-0.15, -0.1) is 0 Å². The van der Waals surface area contributed by atoms with E-state index in [-0.39, 0.29) is 17.9 Å². The molecule has 0 aromatic heterocycles. The first-order chi connectivity index (χ1) is 9.08. The molecule has 0 aliphatic carbocycles. The van der Waals surface area contributed by atoms with Crippen molar-refractivity contribution in [2.75, 3.05) is 25.7 Å². The molecule has 0 unspecified atom stereocenters. The van der Waals surface area contributed by atoms with E-state index in [4.69, 9.17) is 4.74 Å². The summed E-state index contributed by atoms with van der Waals surface area (Å²) in [7, 11) is 2.54. The van der Waals surface area contributed by atoms with E-state index in [1.807, 2.05) is 0 Å². The summed E-state index contributed by atoms with van der Waals surface area (Å²) in [6, 6.07) is 5.40. The van der Waals surface area contributed by atoms with Gasteiger partial charge in [-0.25, -0.2) is 9.18 Å². The van der Waals surface area contributed by atoms with Crippen LogP contribution in [0.2, 0.25) is 0 Å². The summed E-state index contributed by atoms with van der Waals surface area (Å²) in [4.78, 5) is 25.0. The lowest BCUT2D eigenvalue weighted by Crippen LogP contribution is -2.27. The number of carbonyl (C=O) groups is 2. The Labute approximate surface area is 109 Å². The van der Waals surface area contributed by atoms with E-state index in [0.29, 0.717) is 5.69 Å². The number of methoxy groups -OCH3 is 2. The number of rotatable bonds is 3. The van der Waals surface area contributed by atoms with Crippen LogP contribution in [0.3, 0.4) is 0 Å². The van der Waals surface area contributed by atoms with Crippen molar-refractivity contribution in [1.82, 2.24) is 0 Å². The maximum atomic E-state index is 12.9. The molecule has 1 aliphatic heterocycles. The molecule has 1 aliphatic rings. The van der Waals surface area contributed by atoms with E-state index >= 15 is 0 Å². The number of benzene rings is 1. The zero-order valence-corrected chi connectivity index (χ0v) is 10.5. The molecule has 0 spiro atoms. The molecule has 1 aromatic carbocycles. The highest BCUT2D eigenvalue weighted by molar-refractivity contribution is 6.14. The molecule has 0 N–H and O–H groups in total. The monoisotopic (exact) mass is 265 g/mol. The number of ether oxygens (including phenoxy) is 2. The first-order valence-corrected chi connectivity index (χ1v) is 5.51. The largest absolute Gasteiger partial charge is 0.491 e. The van der Waals surface area contributed by atoms with Gasteiger partial charge in [-0.1, -0.05) is 0 Å². The van der Waals surface area contributed by atoms with Gasteiger partial charge in [0.25, 0.3) is 5.91 Å². The minimum Gasteiger partial charge on any atom is -0.491 e. The van der Waals surface area contributed by atoms with Gasteiger partial charge in [0.1, 0.15) is 11.4 Å². The van der Waals surface area contributed by atoms with Crippen molar-refractivity contribution in [3.05, 3.63) is 41.4 Å². The van der Waals surface area contributed by atoms with Crippen LogP contribution in [0.4, 0.5) is 10.1 Å². The van der Waals surface area contributed by atoms with Crippen LogP contribution in [-0.2, 0) is 19.1 Å². The molecular formula is C13H12FNO4. The highest BCUT2D eigenvalue weighted by atomic mass is 19.1. The van der Waals surface area contributed by atoms with E-state index in [9.17, 15) is 14.0 Å². The van der Waals surface area contributed by atoms with Gasteiger partial charge in [-0.2, -0.15) is 0 Å². The lowest BCUT2D eigenvalue weighted by Gasteiger charge is -2.16. The summed E-state index contributed by atoms with van der Waals surface area (Å²) in [6.45, 7) is 0.0420. The Morgan fingerprint density at radius 2 is 1.89 bits per heavy atom. The predicted molar refractivity (Wildman–Crippen MR) is 64.8 cm³/mol. The molecule has 1 amide bonds. The first-order valence-electron chi connectivity index (χ1n) is 5.51. The molecule has 0 fully saturated rings. The smallest absolute Gasteiger partial charge is 0.339 e. The molecule has 1 aromatic rings. The van der Waals surface area contributed by atoms with E-state index in [1.165, 1.54) is 43.4 Å². The molecule has 19 heavy (non-hydrogen) atoms. The predicted octanol–water partition coefficient (Wildman–Crippen LogP) is 1.25. The summed E-state index contributed by atoms with van der Waals surface area (Å²) in [5.41, 5.74) is 0.638. The van der Waals surface area contributed by atoms with Crippen LogP contribution in [0.15, 0.2) is 35.6 Å². The summed E-state index contributed by atoms with van der Waals surface area (Å²) in [5.74, 6) is -1.51. The van der Waals surface area contributed by atoms with Gasteiger partial charge in [0.05, 0.1) is 20.8 Å². The van der Waals surface area contributed by atoms with Gasteiger partial charge < -0.3 is 14.4 Å². The van der Waals surface area contributed by atoms with Crippen molar-refractivity contribution in [1.29, 1.82) is 0 Å². The summed E-state index contributed by atoms with van der Waals surface area (Å²) >= 11 is 0. The van der Waals surface area contributed by atoms with Crippen LogP contribution in [0.25, 0.3) is 0 Å². The highest BCUT2D eigenvalue weighted by Gasteiger charge is 2.36. The number of nitrogens with zero attached hydrogens (tertiary/aromatic N) is 1. The summed E-state index contributed by atoms with van der Waals surface area (Å²) < 4.78 is 22.4. The Hall–Kier alpha value is -2.37.